The van der Waals surface area contributed by atoms with Crippen LogP contribution >= 0.6 is 11.6 Å². The van der Waals surface area contributed by atoms with Gasteiger partial charge in [0.15, 0.2) is 0 Å². The summed E-state index contributed by atoms with van der Waals surface area (Å²) in [5, 5.41) is 19.4. The average molecular weight is 315 g/mol. The van der Waals surface area contributed by atoms with E-state index < -0.39 is 23.3 Å². The highest BCUT2D eigenvalue weighted by atomic mass is 35.5. The van der Waals surface area contributed by atoms with E-state index in [0.717, 1.165) is 4.90 Å². The summed E-state index contributed by atoms with van der Waals surface area (Å²) in [6, 6.07) is 3.86. The van der Waals surface area contributed by atoms with Gasteiger partial charge in [0.05, 0.1) is 10.5 Å². The van der Waals surface area contributed by atoms with E-state index >= 15 is 0 Å². The van der Waals surface area contributed by atoms with Crippen molar-refractivity contribution in [1.82, 2.24) is 4.90 Å². The van der Waals surface area contributed by atoms with Crippen molar-refractivity contribution < 1.29 is 19.6 Å². The third-order valence-electron chi connectivity index (χ3n) is 2.60. The maximum Gasteiger partial charge on any atom is 0.323 e. The molecule has 1 aromatic rings. The van der Waals surface area contributed by atoms with Crippen molar-refractivity contribution in [3.8, 4) is 0 Å². The Morgan fingerprint density at radius 2 is 2.05 bits per heavy atom. The second-order valence-corrected chi connectivity index (χ2v) is 5.25. The maximum absolute atomic E-state index is 12.4. The van der Waals surface area contributed by atoms with Crippen molar-refractivity contribution in [2.75, 3.05) is 13.1 Å². The van der Waals surface area contributed by atoms with Crippen molar-refractivity contribution >= 4 is 29.2 Å². The Bertz CT molecular complexity index is 574. The van der Waals surface area contributed by atoms with Crippen LogP contribution in [0.25, 0.3) is 0 Å². The zero-order valence-corrected chi connectivity index (χ0v) is 12.3. The predicted molar refractivity (Wildman–Crippen MR) is 76.5 cm³/mol. The number of nitrogens with zero attached hydrogens (tertiary/aromatic N) is 2. The minimum absolute atomic E-state index is 0.0470. The van der Waals surface area contributed by atoms with E-state index in [1.165, 1.54) is 18.2 Å². The smallest absolute Gasteiger partial charge is 0.323 e. The Morgan fingerprint density at radius 1 is 1.43 bits per heavy atom. The third kappa shape index (κ3) is 4.42. The van der Waals surface area contributed by atoms with Crippen LogP contribution in [-0.4, -0.2) is 39.9 Å². The van der Waals surface area contributed by atoms with E-state index in [9.17, 15) is 19.7 Å². The molecule has 1 amide bonds. The number of rotatable bonds is 6. The Kier molecular flexibility index (Phi) is 5.66. The monoisotopic (exact) mass is 314 g/mol. The SMILES string of the molecule is CC(C)CN(CC(=O)O)C(=O)c1cccc([N+](=O)[O-])c1Cl. The number of nitro benzene ring substituents is 1. The Morgan fingerprint density at radius 3 is 2.52 bits per heavy atom. The maximum atomic E-state index is 12.4. The molecule has 0 bridgehead atoms. The number of nitro groups is 1. The van der Waals surface area contributed by atoms with Gasteiger partial charge in [0.2, 0.25) is 0 Å². The summed E-state index contributed by atoms with van der Waals surface area (Å²) in [6.07, 6.45) is 0. The van der Waals surface area contributed by atoms with Crippen LogP contribution < -0.4 is 0 Å². The number of aliphatic carboxylic acids is 1. The lowest BCUT2D eigenvalue weighted by molar-refractivity contribution is -0.384. The average Bonchev–Trinajstić information content (AvgIpc) is 2.36. The normalized spacial score (nSPS) is 10.5. The molecule has 0 radical (unpaired) electrons. The zero-order chi connectivity index (χ0) is 16.2. The minimum atomic E-state index is -1.16. The standard InChI is InChI=1S/C13H15ClN2O5/c1-8(2)6-15(7-11(17)18)13(19)9-4-3-5-10(12(9)14)16(20)21/h3-5,8H,6-7H2,1-2H3,(H,17,18). The molecule has 114 valence electrons. The van der Waals surface area contributed by atoms with Gasteiger partial charge in [0, 0.05) is 12.6 Å². The first-order chi connectivity index (χ1) is 9.73. The molecule has 7 nitrogen and oxygen atoms in total. The molecular formula is C13H15ClN2O5. The van der Waals surface area contributed by atoms with E-state index in [-0.39, 0.29) is 28.7 Å². The van der Waals surface area contributed by atoms with Crippen LogP contribution in [0.1, 0.15) is 24.2 Å². The molecule has 1 aromatic carbocycles. The van der Waals surface area contributed by atoms with Gasteiger partial charge in [-0.05, 0) is 12.0 Å². The van der Waals surface area contributed by atoms with E-state index in [1.807, 2.05) is 13.8 Å². The molecule has 0 spiro atoms. The first-order valence-corrected chi connectivity index (χ1v) is 6.55. The predicted octanol–water partition coefficient (Wildman–Crippen LogP) is 2.43. The van der Waals surface area contributed by atoms with Crippen LogP contribution in [0.5, 0.6) is 0 Å². The largest absolute Gasteiger partial charge is 0.480 e. The van der Waals surface area contributed by atoms with E-state index in [1.54, 1.807) is 0 Å². The number of carboxylic acid groups (broad SMARTS) is 1. The Balaban J connectivity index is 3.17. The Hall–Kier alpha value is -2.15. The van der Waals surface area contributed by atoms with Crippen molar-refractivity contribution in [2.24, 2.45) is 5.92 Å². The molecule has 0 saturated heterocycles. The Labute approximate surface area is 126 Å². The van der Waals surface area contributed by atoms with E-state index in [4.69, 9.17) is 16.7 Å². The van der Waals surface area contributed by atoms with Crippen molar-refractivity contribution in [1.29, 1.82) is 0 Å². The molecule has 0 unspecified atom stereocenters. The first kappa shape index (κ1) is 16.9. The fourth-order valence-electron chi connectivity index (χ4n) is 1.82. The lowest BCUT2D eigenvalue weighted by atomic mass is 10.1. The lowest BCUT2D eigenvalue weighted by Crippen LogP contribution is -2.38. The molecule has 1 rings (SSSR count). The highest BCUT2D eigenvalue weighted by molar-refractivity contribution is 6.35. The van der Waals surface area contributed by atoms with Crippen LogP contribution in [0.15, 0.2) is 18.2 Å². The minimum Gasteiger partial charge on any atom is -0.480 e. The lowest BCUT2D eigenvalue weighted by Gasteiger charge is -2.23. The number of carbonyl (C=O) groups is 2. The van der Waals surface area contributed by atoms with Gasteiger partial charge in [-0.1, -0.05) is 31.5 Å². The molecule has 0 saturated carbocycles. The topological polar surface area (TPSA) is 101 Å². The highest BCUT2D eigenvalue weighted by Gasteiger charge is 2.25. The quantitative estimate of drug-likeness (QED) is 0.642. The molecule has 0 atom stereocenters. The zero-order valence-electron chi connectivity index (χ0n) is 11.6. The highest BCUT2D eigenvalue weighted by Crippen LogP contribution is 2.28. The number of amides is 1. The van der Waals surface area contributed by atoms with Gasteiger partial charge in [-0.25, -0.2) is 0 Å². The number of halogens is 1. The van der Waals surface area contributed by atoms with Crippen molar-refractivity contribution in [3.05, 3.63) is 38.9 Å². The molecular weight excluding hydrogens is 300 g/mol. The summed E-state index contributed by atoms with van der Waals surface area (Å²) in [5.41, 5.74) is -0.463. The van der Waals surface area contributed by atoms with Gasteiger partial charge >= 0.3 is 5.97 Å². The summed E-state index contributed by atoms with van der Waals surface area (Å²) in [7, 11) is 0. The summed E-state index contributed by atoms with van der Waals surface area (Å²) < 4.78 is 0. The molecule has 0 aliphatic carbocycles. The van der Waals surface area contributed by atoms with Gasteiger partial charge in [-0.15, -0.1) is 0 Å². The summed E-state index contributed by atoms with van der Waals surface area (Å²) >= 11 is 5.88. The van der Waals surface area contributed by atoms with Crippen LogP contribution in [0.3, 0.4) is 0 Å². The second kappa shape index (κ2) is 7.03. The first-order valence-electron chi connectivity index (χ1n) is 6.18. The van der Waals surface area contributed by atoms with Crippen LogP contribution in [-0.2, 0) is 4.79 Å². The fraction of sp³-hybridized carbons (Fsp3) is 0.385. The molecule has 0 aliphatic rings. The summed E-state index contributed by atoms with van der Waals surface area (Å²) in [6.45, 7) is 3.38. The second-order valence-electron chi connectivity index (χ2n) is 4.87. The van der Waals surface area contributed by atoms with Gasteiger partial charge in [0.25, 0.3) is 11.6 Å². The molecule has 0 fully saturated rings. The number of carboxylic acids is 1. The summed E-state index contributed by atoms with van der Waals surface area (Å²) in [4.78, 5) is 34.5. The van der Waals surface area contributed by atoms with Gasteiger partial charge < -0.3 is 10.0 Å². The molecule has 0 heterocycles. The van der Waals surface area contributed by atoms with Crippen molar-refractivity contribution in [3.63, 3.8) is 0 Å². The van der Waals surface area contributed by atoms with Crippen LogP contribution in [0.4, 0.5) is 5.69 Å². The summed E-state index contributed by atoms with van der Waals surface area (Å²) in [5.74, 6) is -1.75. The fourth-order valence-corrected chi connectivity index (χ4v) is 2.10. The van der Waals surface area contributed by atoms with Gasteiger partial charge in [-0.2, -0.15) is 0 Å². The molecule has 21 heavy (non-hydrogen) atoms. The number of hydrogen-bond acceptors (Lipinski definition) is 4. The van der Waals surface area contributed by atoms with Crippen LogP contribution in [0.2, 0.25) is 5.02 Å². The molecule has 1 N–H and O–H groups in total. The van der Waals surface area contributed by atoms with E-state index in [0.29, 0.717) is 0 Å². The number of benzene rings is 1. The number of hydrogen-bond donors (Lipinski definition) is 1. The molecule has 0 aliphatic heterocycles. The van der Waals surface area contributed by atoms with Gasteiger partial charge in [0.1, 0.15) is 11.6 Å². The number of carbonyl (C=O) groups excluding carboxylic acids is 1. The molecule has 8 heteroatoms. The van der Waals surface area contributed by atoms with Crippen LogP contribution in [0, 0.1) is 16.0 Å². The van der Waals surface area contributed by atoms with Crippen molar-refractivity contribution in [2.45, 2.75) is 13.8 Å². The van der Waals surface area contributed by atoms with Gasteiger partial charge in [-0.3, -0.25) is 19.7 Å². The molecule has 0 aromatic heterocycles. The van der Waals surface area contributed by atoms with E-state index in [2.05, 4.69) is 0 Å². The third-order valence-corrected chi connectivity index (χ3v) is 3.00.